The predicted molar refractivity (Wildman–Crippen MR) is 73.6 cm³/mol. The van der Waals surface area contributed by atoms with Gasteiger partial charge in [-0.05, 0) is 36.8 Å². The topological polar surface area (TPSA) is 21.3 Å². The zero-order chi connectivity index (χ0) is 12.4. The predicted octanol–water partition coefficient (Wildman–Crippen LogP) is 3.21. The van der Waals surface area contributed by atoms with E-state index in [0.717, 1.165) is 19.1 Å². The van der Waals surface area contributed by atoms with Crippen molar-refractivity contribution in [2.75, 3.05) is 13.2 Å². The number of rotatable bonds is 1. The third kappa shape index (κ3) is 2.45. The Balaban J connectivity index is 1.74. The molecule has 1 aromatic rings. The standard InChI is InChI=1S/C16H23NO/c1-12-6-2-4-8-14(12)16-10-17-15-9-5-3-7-13(15)11-18-16/h2,4,6,8,13,15-17H,3,5,7,9-11H2,1H3. The maximum Gasteiger partial charge on any atom is 0.0951 e. The summed E-state index contributed by atoms with van der Waals surface area (Å²) in [4.78, 5) is 0. The van der Waals surface area contributed by atoms with Gasteiger partial charge in [0.1, 0.15) is 0 Å². The molecule has 2 aliphatic rings. The van der Waals surface area contributed by atoms with E-state index in [9.17, 15) is 0 Å². The van der Waals surface area contributed by atoms with Crippen molar-refractivity contribution in [3.05, 3.63) is 35.4 Å². The summed E-state index contributed by atoms with van der Waals surface area (Å²) in [7, 11) is 0. The van der Waals surface area contributed by atoms with E-state index in [4.69, 9.17) is 4.74 Å². The van der Waals surface area contributed by atoms with E-state index in [1.165, 1.54) is 36.8 Å². The van der Waals surface area contributed by atoms with Gasteiger partial charge in [0.25, 0.3) is 0 Å². The number of nitrogens with one attached hydrogen (secondary N) is 1. The molecule has 0 aromatic heterocycles. The maximum absolute atomic E-state index is 6.18. The van der Waals surface area contributed by atoms with Crippen LogP contribution in [0.2, 0.25) is 0 Å². The molecule has 1 aromatic carbocycles. The van der Waals surface area contributed by atoms with Crippen LogP contribution in [0.15, 0.2) is 24.3 Å². The van der Waals surface area contributed by atoms with Crippen LogP contribution in [0.5, 0.6) is 0 Å². The summed E-state index contributed by atoms with van der Waals surface area (Å²) >= 11 is 0. The van der Waals surface area contributed by atoms with Gasteiger partial charge in [-0.1, -0.05) is 37.1 Å². The van der Waals surface area contributed by atoms with Crippen molar-refractivity contribution in [3.63, 3.8) is 0 Å². The van der Waals surface area contributed by atoms with Crippen molar-refractivity contribution < 1.29 is 4.74 Å². The Kier molecular flexibility index (Phi) is 3.67. The highest BCUT2D eigenvalue weighted by Crippen LogP contribution is 2.30. The van der Waals surface area contributed by atoms with E-state index < -0.39 is 0 Å². The lowest BCUT2D eigenvalue weighted by Gasteiger charge is -2.29. The van der Waals surface area contributed by atoms with E-state index in [1.807, 2.05) is 0 Å². The van der Waals surface area contributed by atoms with Crippen LogP contribution in [0.1, 0.15) is 42.9 Å². The van der Waals surface area contributed by atoms with Gasteiger partial charge < -0.3 is 10.1 Å². The van der Waals surface area contributed by atoms with E-state index in [0.29, 0.717) is 6.04 Å². The fraction of sp³-hybridized carbons (Fsp3) is 0.625. The number of aryl methyl sites for hydroxylation is 1. The molecule has 2 fully saturated rings. The van der Waals surface area contributed by atoms with Crippen LogP contribution in [-0.2, 0) is 4.74 Å². The fourth-order valence-electron chi connectivity index (χ4n) is 3.38. The minimum absolute atomic E-state index is 0.233. The zero-order valence-corrected chi connectivity index (χ0v) is 11.2. The van der Waals surface area contributed by atoms with Gasteiger partial charge in [0.15, 0.2) is 0 Å². The highest BCUT2D eigenvalue weighted by molar-refractivity contribution is 5.28. The van der Waals surface area contributed by atoms with Crippen molar-refractivity contribution in [1.82, 2.24) is 5.32 Å². The van der Waals surface area contributed by atoms with Crippen LogP contribution in [0.25, 0.3) is 0 Å². The van der Waals surface area contributed by atoms with Crippen molar-refractivity contribution in [2.24, 2.45) is 5.92 Å². The second kappa shape index (κ2) is 5.41. The second-order valence-corrected chi connectivity index (χ2v) is 5.74. The molecular weight excluding hydrogens is 222 g/mol. The second-order valence-electron chi connectivity index (χ2n) is 5.74. The minimum Gasteiger partial charge on any atom is -0.372 e. The van der Waals surface area contributed by atoms with Gasteiger partial charge in [-0.25, -0.2) is 0 Å². The van der Waals surface area contributed by atoms with Gasteiger partial charge >= 0.3 is 0 Å². The first kappa shape index (κ1) is 12.2. The molecule has 1 heterocycles. The third-order valence-corrected chi connectivity index (χ3v) is 4.52. The number of fused-ring (bicyclic) bond motifs is 1. The molecule has 0 spiro atoms. The van der Waals surface area contributed by atoms with Crippen LogP contribution in [0.3, 0.4) is 0 Å². The Morgan fingerprint density at radius 2 is 2.00 bits per heavy atom. The normalized spacial score (nSPS) is 32.6. The Labute approximate surface area is 110 Å². The highest BCUT2D eigenvalue weighted by atomic mass is 16.5. The Hall–Kier alpha value is -0.860. The average molecular weight is 245 g/mol. The summed E-state index contributed by atoms with van der Waals surface area (Å²) in [5, 5.41) is 3.73. The van der Waals surface area contributed by atoms with Crippen LogP contribution >= 0.6 is 0 Å². The van der Waals surface area contributed by atoms with Gasteiger partial charge in [0, 0.05) is 12.6 Å². The van der Waals surface area contributed by atoms with Crippen LogP contribution in [0.4, 0.5) is 0 Å². The lowest BCUT2D eigenvalue weighted by atomic mass is 9.85. The molecule has 1 N–H and O–H groups in total. The number of benzene rings is 1. The lowest BCUT2D eigenvalue weighted by molar-refractivity contribution is 0.0398. The molecule has 0 amide bonds. The molecule has 3 rings (SSSR count). The molecule has 0 radical (unpaired) electrons. The van der Waals surface area contributed by atoms with E-state index in [2.05, 4.69) is 36.5 Å². The fourth-order valence-corrected chi connectivity index (χ4v) is 3.38. The smallest absolute Gasteiger partial charge is 0.0951 e. The first-order valence-electron chi connectivity index (χ1n) is 7.25. The van der Waals surface area contributed by atoms with Crippen LogP contribution < -0.4 is 5.32 Å². The molecule has 1 saturated heterocycles. The van der Waals surface area contributed by atoms with Crippen molar-refractivity contribution in [1.29, 1.82) is 0 Å². The summed E-state index contributed by atoms with van der Waals surface area (Å²) in [6.45, 7) is 4.07. The van der Waals surface area contributed by atoms with Gasteiger partial charge in [-0.3, -0.25) is 0 Å². The Bertz CT molecular complexity index is 388. The first-order chi connectivity index (χ1) is 8.84. The molecular formula is C16H23NO. The number of hydrogen-bond acceptors (Lipinski definition) is 2. The zero-order valence-electron chi connectivity index (χ0n) is 11.2. The largest absolute Gasteiger partial charge is 0.372 e. The van der Waals surface area contributed by atoms with Crippen LogP contribution in [0, 0.1) is 12.8 Å². The van der Waals surface area contributed by atoms with Crippen molar-refractivity contribution in [2.45, 2.75) is 44.8 Å². The number of ether oxygens (including phenoxy) is 1. The maximum atomic E-state index is 6.18. The van der Waals surface area contributed by atoms with Gasteiger partial charge in [-0.15, -0.1) is 0 Å². The lowest BCUT2D eigenvalue weighted by Crippen LogP contribution is -2.38. The summed E-state index contributed by atoms with van der Waals surface area (Å²) in [5.74, 6) is 0.729. The van der Waals surface area contributed by atoms with E-state index in [-0.39, 0.29) is 6.10 Å². The molecule has 3 unspecified atom stereocenters. The van der Waals surface area contributed by atoms with Crippen molar-refractivity contribution >= 4 is 0 Å². The van der Waals surface area contributed by atoms with Gasteiger partial charge in [-0.2, -0.15) is 0 Å². The summed E-state index contributed by atoms with van der Waals surface area (Å²) < 4.78 is 6.18. The highest BCUT2D eigenvalue weighted by Gasteiger charge is 2.30. The van der Waals surface area contributed by atoms with E-state index in [1.54, 1.807) is 0 Å². The molecule has 2 nitrogen and oxygen atoms in total. The Morgan fingerprint density at radius 1 is 1.17 bits per heavy atom. The van der Waals surface area contributed by atoms with Crippen molar-refractivity contribution in [3.8, 4) is 0 Å². The van der Waals surface area contributed by atoms with E-state index >= 15 is 0 Å². The monoisotopic (exact) mass is 245 g/mol. The molecule has 1 aliphatic heterocycles. The molecule has 0 bridgehead atoms. The molecule has 98 valence electrons. The molecule has 2 heteroatoms. The molecule has 18 heavy (non-hydrogen) atoms. The first-order valence-corrected chi connectivity index (χ1v) is 7.25. The van der Waals surface area contributed by atoms with Crippen LogP contribution in [-0.4, -0.2) is 19.2 Å². The van der Waals surface area contributed by atoms with Gasteiger partial charge in [0.05, 0.1) is 12.7 Å². The summed E-state index contributed by atoms with van der Waals surface area (Å²) in [6, 6.07) is 9.28. The van der Waals surface area contributed by atoms with Gasteiger partial charge in [0.2, 0.25) is 0 Å². The third-order valence-electron chi connectivity index (χ3n) is 4.52. The summed E-state index contributed by atoms with van der Waals surface area (Å²) in [6.07, 6.45) is 5.65. The molecule has 3 atom stereocenters. The Morgan fingerprint density at radius 3 is 2.89 bits per heavy atom. The summed E-state index contributed by atoms with van der Waals surface area (Å²) in [5.41, 5.74) is 2.69. The SMILES string of the molecule is Cc1ccccc1C1CNC2CCCCC2CO1. The molecule has 1 saturated carbocycles. The quantitative estimate of drug-likeness (QED) is 0.820. The average Bonchev–Trinajstić information content (AvgIpc) is 2.62. The number of hydrogen-bond donors (Lipinski definition) is 1. The minimum atomic E-state index is 0.233. The molecule has 1 aliphatic carbocycles.